The van der Waals surface area contributed by atoms with Crippen molar-refractivity contribution in [3.8, 4) is 0 Å². The quantitative estimate of drug-likeness (QED) is 0.575. The van der Waals surface area contributed by atoms with Crippen molar-refractivity contribution in [1.29, 1.82) is 0 Å². The second-order valence-electron chi connectivity index (χ2n) is 3.68. The Morgan fingerprint density at radius 1 is 1.17 bits per heavy atom. The summed E-state index contributed by atoms with van der Waals surface area (Å²) >= 11 is 0. The van der Waals surface area contributed by atoms with Crippen LogP contribution in [-0.2, 0) is 10.0 Å². The first-order chi connectivity index (χ1) is 5.34. The minimum absolute atomic E-state index is 0.389. The molecule has 0 bridgehead atoms. The smallest absolute Gasteiger partial charge is 0.257 e. The van der Waals surface area contributed by atoms with Gasteiger partial charge in [0.1, 0.15) is 0 Å². The lowest BCUT2D eigenvalue weighted by atomic mass is 10.1. The van der Waals surface area contributed by atoms with E-state index in [1.807, 2.05) is 20.8 Å². The molecule has 0 N–H and O–H groups in total. The summed E-state index contributed by atoms with van der Waals surface area (Å²) in [6.07, 6.45) is 4.82. The van der Waals surface area contributed by atoms with Gasteiger partial charge < -0.3 is 0 Å². The van der Waals surface area contributed by atoms with Crippen molar-refractivity contribution in [2.45, 2.75) is 26.3 Å². The van der Waals surface area contributed by atoms with E-state index in [2.05, 4.69) is 0 Å². The van der Waals surface area contributed by atoms with Crippen molar-refractivity contribution < 1.29 is 8.42 Å². The zero-order valence-corrected chi connectivity index (χ0v) is 8.30. The summed E-state index contributed by atoms with van der Waals surface area (Å²) in [5.74, 6) is 0. The topological polar surface area (TPSA) is 37.4 Å². The Bertz CT molecular complexity index is 319. The van der Waals surface area contributed by atoms with E-state index in [0.29, 0.717) is 0 Å². The molecule has 1 heterocycles. The summed E-state index contributed by atoms with van der Waals surface area (Å²) in [6.45, 7) is 5.57. The third-order valence-corrected chi connectivity index (χ3v) is 3.24. The van der Waals surface area contributed by atoms with E-state index in [1.54, 1.807) is 12.3 Å². The Labute approximate surface area is 73.4 Å². The van der Waals surface area contributed by atoms with E-state index in [0.717, 1.165) is 0 Å². The van der Waals surface area contributed by atoms with E-state index >= 15 is 0 Å². The summed E-state index contributed by atoms with van der Waals surface area (Å²) in [7, 11) is -3.22. The van der Waals surface area contributed by atoms with E-state index in [1.165, 1.54) is 15.8 Å². The molecule has 1 aliphatic heterocycles. The average Bonchev–Trinajstić information content (AvgIpc) is 1.83. The van der Waals surface area contributed by atoms with E-state index in [9.17, 15) is 8.42 Å². The van der Waals surface area contributed by atoms with Crippen LogP contribution in [0.4, 0.5) is 0 Å². The molecule has 1 rings (SSSR count). The summed E-state index contributed by atoms with van der Waals surface area (Å²) < 4.78 is 24.2. The van der Waals surface area contributed by atoms with Crippen LogP contribution < -0.4 is 0 Å². The molecule has 0 atom stereocenters. The fourth-order valence-electron chi connectivity index (χ4n) is 1.03. The lowest BCUT2D eigenvalue weighted by Gasteiger charge is -2.33. The molecular weight excluding hydrogens is 174 g/mol. The Kier molecular flexibility index (Phi) is 2.04. The van der Waals surface area contributed by atoms with Crippen molar-refractivity contribution >= 4 is 10.0 Å². The highest BCUT2D eigenvalue weighted by atomic mass is 32.2. The van der Waals surface area contributed by atoms with Crippen LogP contribution in [0.5, 0.6) is 0 Å². The first-order valence-corrected chi connectivity index (χ1v) is 5.24. The van der Waals surface area contributed by atoms with Crippen molar-refractivity contribution in [3.63, 3.8) is 0 Å². The first kappa shape index (κ1) is 9.32. The minimum atomic E-state index is -3.22. The van der Waals surface area contributed by atoms with Gasteiger partial charge in [0, 0.05) is 11.7 Å². The number of hydrogen-bond acceptors (Lipinski definition) is 2. The molecule has 0 aromatic rings. The highest BCUT2D eigenvalue weighted by Gasteiger charge is 2.28. The molecule has 0 aromatic carbocycles. The first-order valence-electron chi connectivity index (χ1n) is 3.73. The summed E-state index contributed by atoms with van der Waals surface area (Å²) in [4.78, 5) is 0. The molecule has 0 fully saturated rings. The highest BCUT2D eigenvalue weighted by molar-refractivity contribution is 7.92. The van der Waals surface area contributed by atoms with Gasteiger partial charge in [0.15, 0.2) is 0 Å². The van der Waals surface area contributed by atoms with E-state index < -0.39 is 10.0 Å². The Morgan fingerprint density at radius 3 is 2.08 bits per heavy atom. The predicted molar refractivity (Wildman–Crippen MR) is 48.8 cm³/mol. The van der Waals surface area contributed by atoms with Gasteiger partial charge in [0.25, 0.3) is 10.0 Å². The molecule has 4 heteroatoms. The highest BCUT2D eigenvalue weighted by Crippen LogP contribution is 2.21. The normalized spacial score (nSPS) is 21.4. The largest absolute Gasteiger partial charge is 0.269 e. The van der Waals surface area contributed by atoms with Crippen LogP contribution in [0.25, 0.3) is 0 Å². The molecule has 68 valence electrons. The molecule has 1 aliphatic rings. The third kappa shape index (κ3) is 1.69. The Morgan fingerprint density at radius 2 is 1.75 bits per heavy atom. The van der Waals surface area contributed by atoms with Crippen LogP contribution in [0.1, 0.15) is 20.8 Å². The zero-order chi connectivity index (χ0) is 9.41. The molecule has 3 nitrogen and oxygen atoms in total. The third-order valence-electron chi connectivity index (χ3n) is 1.52. The van der Waals surface area contributed by atoms with Gasteiger partial charge in [-0.25, -0.2) is 8.42 Å². The van der Waals surface area contributed by atoms with Gasteiger partial charge in [-0.15, -0.1) is 0 Å². The summed E-state index contributed by atoms with van der Waals surface area (Å²) in [6, 6.07) is 0. The van der Waals surface area contributed by atoms with Crippen LogP contribution in [0.2, 0.25) is 0 Å². The maximum absolute atomic E-state index is 11.4. The number of allylic oxidation sites excluding steroid dienone is 2. The molecular formula is C8H13NO2S. The number of nitrogens with zero attached hydrogens (tertiary/aromatic N) is 1. The van der Waals surface area contributed by atoms with E-state index in [-0.39, 0.29) is 5.54 Å². The van der Waals surface area contributed by atoms with Gasteiger partial charge in [0.05, 0.1) is 5.41 Å². The van der Waals surface area contributed by atoms with Crippen LogP contribution in [0, 0.1) is 0 Å². The summed E-state index contributed by atoms with van der Waals surface area (Å²) in [5.41, 5.74) is -0.389. The number of rotatable bonds is 0. The standard InChI is InChI=1S/C8H13NO2S/c1-8(2,3)9-6-4-5-7-12(9,10)11/h4-7H,1-3H3. The molecule has 0 spiro atoms. The maximum Gasteiger partial charge on any atom is 0.257 e. The van der Waals surface area contributed by atoms with Crippen LogP contribution in [0.3, 0.4) is 0 Å². The van der Waals surface area contributed by atoms with E-state index in [4.69, 9.17) is 0 Å². The van der Waals surface area contributed by atoms with Crippen molar-refractivity contribution in [1.82, 2.24) is 4.31 Å². The average molecular weight is 187 g/mol. The van der Waals surface area contributed by atoms with Gasteiger partial charge in [-0.2, -0.15) is 0 Å². The zero-order valence-electron chi connectivity index (χ0n) is 7.48. The minimum Gasteiger partial charge on any atom is -0.269 e. The molecule has 0 unspecified atom stereocenters. The van der Waals surface area contributed by atoms with Crippen molar-refractivity contribution in [2.24, 2.45) is 0 Å². The number of sulfonamides is 1. The maximum atomic E-state index is 11.4. The lowest BCUT2D eigenvalue weighted by molar-refractivity contribution is 0.322. The van der Waals surface area contributed by atoms with Gasteiger partial charge in [-0.05, 0) is 32.9 Å². The number of hydrogen-bond donors (Lipinski definition) is 0. The molecule has 12 heavy (non-hydrogen) atoms. The molecule has 0 saturated carbocycles. The second-order valence-corrected chi connectivity index (χ2v) is 5.38. The summed E-state index contributed by atoms with van der Waals surface area (Å²) in [5, 5.41) is 1.21. The van der Waals surface area contributed by atoms with Gasteiger partial charge in [-0.1, -0.05) is 0 Å². The predicted octanol–water partition coefficient (Wildman–Crippen LogP) is 1.46. The van der Waals surface area contributed by atoms with Crippen molar-refractivity contribution in [3.05, 3.63) is 23.8 Å². The lowest BCUT2D eigenvalue weighted by Crippen LogP contribution is -2.41. The monoisotopic (exact) mass is 187 g/mol. The second kappa shape index (κ2) is 2.62. The fraction of sp³-hybridized carbons (Fsp3) is 0.500. The van der Waals surface area contributed by atoms with Crippen molar-refractivity contribution in [2.75, 3.05) is 0 Å². The molecule has 0 aliphatic carbocycles. The molecule has 0 amide bonds. The van der Waals surface area contributed by atoms with Gasteiger partial charge in [0.2, 0.25) is 0 Å². The Balaban J connectivity index is 3.09. The molecule has 0 saturated heterocycles. The molecule has 0 radical (unpaired) electrons. The Hall–Kier alpha value is -0.770. The SMILES string of the molecule is CC(C)(C)N1C=CC=CS1(=O)=O. The van der Waals surface area contributed by atoms with Crippen LogP contribution in [0.15, 0.2) is 23.8 Å². The van der Waals surface area contributed by atoms with Gasteiger partial charge in [-0.3, -0.25) is 4.31 Å². The van der Waals surface area contributed by atoms with Crippen LogP contribution >= 0.6 is 0 Å². The van der Waals surface area contributed by atoms with Crippen LogP contribution in [-0.4, -0.2) is 18.3 Å². The van der Waals surface area contributed by atoms with Gasteiger partial charge >= 0.3 is 0 Å². The molecule has 0 aromatic heterocycles. The fourth-order valence-corrected chi connectivity index (χ4v) is 2.45.